The Morgan fingerprint density at radius 3 is 2.47 bits per heavy atom. The number of rotatable bonds is 6. The number of imidazole rings is 1. The number of sulfonamides is 1. The van der Waals surface area contributed by atoms with Crippen LogP contribution in [0.15, 0.2) is 54.0 Å². The first-order chi connectivity index (χ1) is 20.6. The number of benzene rings is 2. The SMILES string of the molecule is CCc1nc2ccc(C3CCN(S(C)(=O)=O)CC3)cn2c1-c1ccc(-c2nc(-c3ccc(F)cc3C#N)cs2)c(F)c1C. The lowest BCUT2D eigenvalue weighted by Gasteiger charge is -2.30. The van der Waals surface area contributed by atoms with Gasteiger partial charge in [0, 0.05) is 41.4 Å². The maximum atomic E-state index is 16.1. The first-order valence-corrected chi connectivity index (χ1v) is 16.7. The van der Waals surface area contributed by atoms with Crippen LogP contribution in [0, 0.1) is 29.9 Å². The van der Waals surface area contributed by atoms with Gasteiger partial charge in [0.25, 0.3) is 0 Å². The highest BCUT2D eigenvalue weighted by molar-refractivity contribution is 7.88. The fourth-order valence-corrected chi connectivity index (χ4v) is 7.58. The van der Waals surface area contributed by atoms with Crippen molar-refractivity contribution in [3.05, 3.63) is 88.1 Å². The molecule has 11 heteroatoms. The number of hydrogen-bond acceptors (Lipinski definition) is 6. The minimum atomic E-state index is -3.21. The summed E-state index contributed by atoms with van der Waals surface area (Å²) in [4.78, 5) is 9.44. The zero-order chi connectivity index (χ0) is 30.5. The Kier molecular flexibility index (Phi) is 7.62. The predicted octanol–water partition coefficient (Wildman–Crippen LogP) is 6.95. The molecule has 7 nitrogen and oxygen atoms in total. The molecule has 4 heterocycles. The average molecular weight is 618 g/mol. The standard InChI is InChI=1S/C32H29F2N5O2S2/c1-4-27-31(39-17-21(5-10-29(39)36-27)20-11-13-38(14-12-20)43(3,40)41)24-8-9-26(30(34)19(24)2)32-37-28(18-42-32)25-7-6-23(33)15-22(25)16-35/h5-10,15,17-18,20H,4,11-14H2,1-3H3. The Morgan fingerprint density at radius 2 is 1.77 bits per heavy atom. The van der Waals surface area contributed by atoms with Crippen LogP contribution in [-0.2, 0) is 16.4 Å². The fraction of sp³-hybridized carbons (Fsp3) is 0.281. The number of hydrogen-bond donors (Lipinski definition) is 0. The van der Waals surface area contributed by atoms with Gasteiger partial charge in [0.05, 0.1) is 35.0 Å². The average Bonchev–Trinajstić information content (AvgIpc) is 3.63. The summed E-state index contributed by atoms with van der Waals surface area (Å²) in [5.41, 5.74) is 6.27. The molecule has 43 heavy (non-hydrogen) atoms. The number of nitrogens with zero attached hydrogens (tertiary/aromatic N) is 5. The van der Waals surface area contributed by atoms with Crippen molar-refractivity contribution in [1.29, 1.82) is 5.26 Å². The van der Waals surface area contributed by atoms with Crippen molar-refractivity contribution in [1.82, 2.24) is 18.7 Å². The normalized spacial score (nSPS) is 14.8. The smallest absolute Gasteiger partial charge is 0.211 e. The Labute approximate surface area is 253 Å². The third kappa shape index (κ3) is 5.35. The number of aromatic nitrogens is 3. The minimum absolute atomic E-state index is 0.170. The van der Waals surface area contributed by atoms with E-state index in [4.69, 9.17) is 4.98 Å². The summed E-state index contributed by atoms with van der Waals surface area (Å²) in [7, 11) is -3.21. The Morgan fingerprint density at radius 1 is 1.05 bits per heavy atom. The fourth-order valence-electron chi connectivity index (χ4n) is 5.86. The maximum absolute atomic E-state index is 16.1. The second-order valence-corrected chi connectivity index (χ2v) is 13.7. The molecule has 2 aromatic carbocycles. The molecule has 1 aliphatic rings. The summed E-state index contributed by atoms with van der Waals surface area (Å²) in [6, 6.07) is 13.6. The summed E-state index contributed by atoms with van der Waals surface area (Å²) < 4.78 is 57.2. The second-order valence-electron chi connectivity index (χ2n) is 10.8. The third-order valence-corrected chi connectivity index (χ3v) is 10.4. The van der Waals surface area contributed by atoms with E-state index < -0.39 is 15.8 Å². The second kappa shape index (κ2) is 11.3. The lowest BCUT2D eigenvalue weighted by atomic mass is 9.91. The number of aryl methyl sites for hydroxylation is 1. The van der Waals surface area contributed by atoms with E-state index in [0.29, 0.717) is 46.9 Å². The Bertz CT molecular complexity index is 2020. The molecule has 0 atom stereocenters. The first-order valence-electron chi connectivity index (χ1n) is 14.0. The van der Waals surface area contributed by atoms with Gasteiger partial charge in [0.2, 0.25) is 10.0 Å². The highest BCUT2D eigenvalue weighted by Gasteiger charge is 2.27. The maximum Gasteiger partial charge on any atom is 0.211 e. The molecule has 1 fully saturated rings. The van der Waals surface area contributed by atoms with E-state index in [9.17, 15) is 18.1 Å². The van der Waals surface area contributed by atoms with Crippen molar-refractivity contribution < 1.29 is 17.2 Å². The molecule has 3 aromatic heterocycles. The molecule has 0 unspecified atom stereocenters. The van der Waals surface area contributed by atoms with E-state index in [0.717, 1.165) is 41.0 Å². The molecule has 1 aliphatic heterocycles. The molecule has 6 rings (SSSR count). The monoisotopic (exact) mass is 617 g/mol. The summed E-state index contributed by atoms with van der Waals surface area (Å²) in [5.74, 6) is -0.680. The zero-order valence-electron chi connectivity index (χ0n) is 23.9. The summed E-state index contributed by atoms with van der Waals surface area (Å²) >= 11 is 1.26. The third-order valence-electron chi connectivity index (χ3n) is 8.20. The summed E-state index contributed by atoms with van der Waals surface area (Å²) in [6.45, 7) is 4.75. The van der Waals surface area contributed by atoms with Gasteiger partial charge in [-0.2, -0.15) is 5.26 Å². The molecular formula is C32H29F2N5O2S2. The van der Waals surface area contributed by atoms with E-state index >= 15 is 4.39 Å². The van der Waals surface area contributed by atoms with Gasteiger partial charge in [-0.05, 0) is 73.6 Å². The largest absolute Gasteiger partial charge is 0.299 e. The van der Waals surface area contributed by atoms with Crippen molar-refractivity contribution in [2.75, 3.05) is 19.3 Å². The summed E-state index contributed by atoms with van der Waals surface area (Å²) in [6.07, 6.45) is 5.44. The molecule has 0 saturated carbocycles. The van der Waals surface area contributed by atoms with Crippen molar-refractivity contribution >= 4 is 27.0 Å². The van der Waals surface area contributed by atoms with Gasteiger partial charge in [-0.15, -0.1) is 11.3 Å². The Hall–Kier alpha value is -3.98. The van der Waals surface area contributed by atoms with Crippen LogP contribution in [0.3, 0.4) is 0 Å². The van der Waals surface area contributed by atoms with Gasteiger partial charge in [0.1, 0.15) is 22.3 Å². The van der Waals surface area contributed by atoms with Gasteiger partial charge < -0.3 is 0 Å². The van der Waals surface area contributed by atoms with Crippen molar-refractivity contribution in [2.24, 2.45) is 0 Å². The molecule has 0 radical (unpaired) electrons. The van der Waals surface area contributed by atoms with E-state index in [-0.39, 0.29) is 17.3 Å². The number of thiazole rings is 1. The molecular weight excluding hydrogens is 589 g/mol. The first kappa shape index (κ1) is 29.1. The van der Waals surface area contributed by atoms with Crippen LogP contribution in [0.5, 0.6) is 0 Å². The summed E-state index contributed by atoms with van der Waals surface area (Å²) in [5, 5.41) is 11.7. The van der Waals surface area contributed by atoms with Gasteiger partial charge in [-0.3, -0.25) is 4.40 Å². The van der Waals surface area contributed by atoms with Crippen molar-refractivity contribution in [2.45, 2.75) is 39.0 Å². The zero-order valence-corrected chi connectivity index (χ0v) is 25.6. The molecule has 0 bridgehead atoms. The number of nitriles is 1. The molecule has 0 spiro atoms. The Balaban J connectivity index is 1.37. The van der Waals surface area contributed by atoms with Gasteiger partial charge in [-0.25, -0.2) is 31.5 Å². The lowest BCUT2D eigenvalue weighted by Crippen LogP contribution is -2.37. The highest BCUT2D eigenvalue weighted by atomic mass is 32.2. The lowest BCUT2D eigenvalue weighted by molar-refractivity contribution is 0.321. The van der Waals surface area contributed by atoms with Crippen LogP contribution in [0.1, 0.15) is 48.1 Å². The predicted molar refractivity (Wildman–Crippen MR) is 164 cm³/mol. The molecule has 0 amide bonds. The van der Waals surface area contributed by atoms with E-state index in [2.05, 4.69) is 17.2 Å². The van der Waals surface area contributed by atoms with Crippen molar-refractivity contribution in [3.63, 3.8) is 0 Å². The van der Waals surface area contributed by atoms with Crippen LogP contribution in [0.25, 0.3) is 38.7 Å². The number of fused-ring (bicyclic) bond motifs is 1. The molecule has 5 aromatic rings. The van der Waals surface area contributed by atoms with Crippen LogP contribution in [0.2, 0.25) is 0 Å². The molecule has 0 N–H and O–H groups in total. The van der Waals surface area contributed by atoms with Gasteiger partial charge in [0.15, 0.2) is 0 Å². The van der Waals surface area contributed by atoms with Gasteiger partial charge >= 0.3 is 0 Å². The quantitative estimate of drug-likeness (QED) is 0.206. The van der Waals surface area contributed by atoms with Crippen LogP contribution in [0.4, 0.5) is 8.78 Å². The molecule has 0 aliphatic carbocycles. The highest BCUT2D eigenvalue weighted by Crippen LogP contribution is 2.38. The van der Waals surface area contributed by atoms with Gasteiger partial charge in [-0.1, -0.05) is 19.1 Å². The van der Waals surface area contributed by atoms with Crippen LogP contribution in [-0.4, -0.2) is 46.4 Å². The minimum Gasteiger partial charge on any atom is -0.299 e. The van der Waals surface area contributed by atoms with E-state index in [1.807, 2.05) is 29.5 Å². The van der Waals surface area contributed by atoms with Crippen molar-refractivity contribution in [3.8, 4) is 39.2 Å². The van der Waals surface area contributed by atoms with E-state index in [1.54, 1.807) is 18.4 Å². The number of halogens is 2. The number of pyridine rings is 1. The molecule has 220 valence electrons. The van der Waals surface area contributed by atoms with E-state index in [1.165, 1.54) is 40.1 Å². The van der Waals surface area contributed by atoms with Crippen LogP contribution < -0.4 is 0 Å². The topological polar surface area (TPSA) is 91.4 Å². The molecule has 1 saturated heterocycles. The number of piperidine rings is 1. The van der Waals surface area contributed by atoms with Crippen LogP contribution >= 0.6 is 11.3 Å².